The lowest BCUT2D eigenvalue weighted by Crippen LogP contribution is -2.37. The summed E-state index contributed by atoms with van der Waals surface area (Å²) in [4.78, 5) is 13.5. The maximum absolute atomic E-state index is 11.8. The molecule has 4 nitrogen and oxygen atoms in total. The van der Waals surface area contributed by atoms with Crippen molar-refractivity contribution in [2.45, 2.75) is 26.4 Å². The number of carbonyl (C=O) groups is 1. The quantitative estimate of drug-likeness (QED) is 0.851. The molecule has 92 valence electrons. The number of carbonyl (C=O) groups excluding carboxylic acids is 1. The van der Waals surface area contributed by atoms with Gasteiger partial charge in [-0.3, -0.25) is 4.79 Å². The minimum absolute atomic E-state index is 0.0808. The molecule has 1 aromatic rings. The van der Waals surface area contributed by atoms with Crippen LogP contribution in [0.4, 0.5) is 5.69 Å². The first kappa shape index (κ1) is 11.9. The summed E-state index contributed by atoms with van der Waals surface area (Å²) in [6.45, 7) is 4.64. The Morgan fingerprint density at radius 3 is 3.00 bits per heavy atom. The lowest BCUT2D eigenvalue weighted by Gasteiger charge is -2.30. The summed E-state index contributed by atoms with van der Waals surface area (Å²) in [5.74, 6) is 0.791. The van der Waals surface area contributed by atoms with Gasteiger partial charge in [-0.25, -0.2) is 0 Å². The molecule has 1 aliphatic rings. The average molecular weight is 235 g/mol. The Balaban J connectivity index is 2.40. The van der Waals surface area contributed by atoms with Crippen LogP contribution in [0, 0.1) is 0 Å². The highest BCUT2D eigenvalue weighted by Crippen LogP contribution is 2.34. The van der Waals surface area contributed by atoms with Crippen LogP contribution in [0.2, 0.25) is 0 Å². The minimum Gasteiger partial charge on any atom is -0.490 e. The number of ether oxygens (including phenoxy) is 1. The number of aliphatic hydroxyl groups excluding tert-OH is 1. The SMILES string of the molecule is CCC(=O)N1CCOc2ccc(C(C)O)cc21. The number of aliphatic hydroxyl groups is 1. The van der Waals surface area contributed by atoms with Gasteiger partial charge in [-0.2, -0.15) is 0 Å². The molecule has 0 radical (unpaired) electrons. The van der Waals surface area contributed by atoms with Crippen LogP contribution < -0.4 is 9.64 Å². The van der Waals surface area contributed by atoms with Crippen LogP contribution in [0.1, 0.15) is 31.9 Å². The van der Waals surface area contributed by atoms with Gasteiger partial charge in [0.15, 0.2) is 0 Å². The lowest BCUT2D eigenvalue weighted by atomic mass is 10.1. The van der Waals surface area contributed by atoms with E-state index < -0.39 is 6.10 Å². The van der Waals surface area contributed by atoms with E-state index >= 15 is 0 Å². The molecular formula is C13H17NO3. The number of anilines is 1. The van der Waals surface area contributed by atoms with Crippen LogP contribution in [0.25, 0.3) is 0 Å². The molecule has 17 heavy (non-hydrogen) atoms. The first-order valence-corrected chi connectivity index (χ1v) is 5.88. The van der Waals surface area contributed by atoms with E-state index in [1.807, 2.05) is 25.1 Å². The maximum atomic E-state index is 11.8. The molecule has 0 fully saturated rings. The van der Waals surface area contributed by atoms with Gasteiger partial charge in [0.2, 0.25) is 5.91 Å². The van der Waals surface area contributed by atoms with Gasteiger partial charge in [0.05, 0.1) is 18.3 Å². The van der Waals surface area contributed by atoms with Crippen molar-refractivity contribution in [2.24, 2.45) is 0 Å². The standard InChI is InChI=1S/C13H17NO3/c1-3-13(16)14-6-7-17-12-5-4-10(9(2)15)8-11(12)14/h4-5,8-9,15H,3,6-7H2,1-2H3. The number of benzene rings is 1. The Bertz CT molecular complexity index is 429. The monoisotopic (exact) mass is 235 g/mol. The highest BCUT2D eigenvalue weighted by Gasteiger charge is 2.23. The molecule has 1 aromatic carbocycles. The molecule has 0 aliphatic carbocycles. The Morgan fingerprint density at radius 1 is 1.59 bits per heavy atom. The predicted molar refractivity (Wildman–Crippen MR) is 65.2 cm³/mol. The lowest BCUT2D eigenvalue weighted by molar-refractivity contribution is -0.118. The van der Waals surface area contributed by atoms with Crippen molar-refractivity contribution in [1.29, 1.82) is 0 Å². The number of fused-ring (bicyclic) bond motifs is 1. The zero-order valence-electron chi connectivity index (χ0n) is 10.1. The van der Waals surface area contributed by atoms with E-state index in [2.05, 4.69) is 0 Å². The highest BCUT2D eigenvalue weighted by molar-refractivity contribution is 5.95. The van der Waals surface area contributed by atoms with Crippen molar-refractivity contribution in [3.63, 3.8) is 0 Å². The van der Waals surface area contributed by atoms with E-state index in [4.69, 9.17) is 4.74 Å². The fourth-order valence-electron chi connectivity index (χ4n) is 1.94. The summed E-state index contributed by atoms with van der Waals surface area (Å²) in [7, 11) is 0. The molecule has 4 heteroatoms. The average Bonchev–Trinajstić information content (AvgIpc) is 2.36. The van der Waals surface area contributed by atoms with E-state index in [-0.39, 0.29) is 5.91 Å². The van der Waals surface area contributed by atoms with Gasteiger partial charge >= 0.3 is 0 Å². The van der Waals surface area contributed by atoms with Crippen LogP contribution in [-0.2, 0) is 4.79 Å². The molecule has 1 N–H and O–H groups in total. The third kappa shape index (κ3) is 2.26. The normalized spacial score (nSPS) is 16.1. The molecule has 1 heterocycles. The summed E-state index contributed by atoms with van der Waals surface area (Å²) in [6, 6.07) is 5.46. The summed E-state index contributed by atoms with van der Waals surface area (Å²) in [5.41, 5.74) is 1.56. The first-order chi connectivity index (χ1) is 8.13. The molecule has 2 rings (SSSR count). The van der Waals surface area contributed by atoms with Crippen molar-refractivity contribution in [1.82, 2.24) is 0 Å². The van der Waals surface area contributed by atoms with E-state index in [9.17, 15) is 9.90 Å². The maximum Gasteiger partial charge on any atom is 0.226 e. The molecule has 0 bridgehead atoms. The van der Waals surface area contributed by atoms with Crippen molar-refractivity contribution in [3.05, 3.63) is 23.8 Å². The van der Waals surface area contributed by atoms with Crippen molar-refractivity contribution in [2.75, 3.05) is 18.1 Å². The summed E-state index contributed by atoms with van der Waals surface area (Å²) >= 11 is 0. The predicted octanol–water partition coefficient (Wildman–Crippen LogP) is 1.88. The van der Waals surface area contributed by atoms with Gasteiger partial charge in [0.1, 0.15) is 12.4 Å². The third-order valence-corrected chi connectivity index (χ3v) is 2.93. The van der Waals surface area contributed by atoms with Gasteiger partial charge in [-0.1, -0.05) is 13.0 Å². The number of hydrogen-bond donors (Lipinski definition) is 1. The van der Waals surface area contributed by atoms with Crippen LogP contribution in [-0.4, -0.2) is 24.2 Å². The van der Waals surface area contributed by atoms with Gasteiger partial charge in [0.25, 0.3) is 0 Å². The van der Waals surface area contributed by atoms with Crippen LogP contribution >= 0.6 is 0 Å². The molecule has 1 aliphatic heterocycles. The van der Waals surface area contributed by atoms with Gasteiger partial charge < -0.3 is 14.7 Å². The largest absolute Gasteiger partial charge is 0.490 e. The topological polar surface area (TPSA) is 49.8 Å². The molecule has 0 saturated heterocycles. The fraction of sp³-hybridized carbons (Fsp3) is 0.462. The molecule has 0 saturated carbocycles. The Morgan fingerprint density at radius 2 is 2.35 bits per heavy atom. The van der Waals surface area contributed by atoms with Crippen LogP contribution in [0.15, 0.2) is 18.2 Å². The Kier molecular flexibility index (Phi) is 3.33. The van der Waals surface area contributed by atoms with Gasteiger partial charge in [-0.15, -0.1) is 0 Å². The van der Waals surface area contributed by atoms with Crippen molar-refractivity contribution < 1.29 is 14.6 Å². The van der Waals surface area contributed by atoms with E-state index in [1.165, 1.54) is 0 Å². The van der Waals surface area contributed by atoms with E-state index in [0.717, 1.165) is 11.3 Å². The number of rotatable bonds is 2. The molecular weight excluding hydrogens is 218 g/mol. The second-order valence-corrected chi connectivity index (χ2v) is 4.15. The second kappa shape index (κ2) is 4.75. The zero-order valence-corrected chi connectivity index (χ0v) is 10.1. The summed E-state index contributed by atoms with van der Waals surface area (Å²) in [5, 5.41) is 9.56. The molecule has 1 amide bonds. The second-order valence-electron chi connectivity index (χ2n) is 4.15. The Hall–Kier alpha value is -1.55. The number of amides is 1. The zero-order chi connectivity index (χ0) is 12.4. The van der Waals surface area contributed by atoms with Gasteiger partial charge in [-0.05, 0) is 24.6 Å². The van der Waals surface area contributed by atoms with E-state index in [1.54, 1.807) is 11.8 Å². The van der Waals surface area contributed by atoms with Crippen LogP contribution in [0.5, 0.6) is 5.75 Å². The summed E-state index contributed by atoms with van der Waals surface area (Å²) < 4.78 is 5.51. The third-order valence-electron chi connectivity index (χ3n) is 2.93. The van der Waals surface area contributed by atoms with Gasteiger partial charge in [0, 0.05) is 6.42 Å². The Labute approximate surface area is 101 Å². The summed E-state index contributed by atoms with van der Waals surface area (Å²) in [6.07, 6.45) is -0.0703. The van der Waals surface area contributed by atoms with Crippen molar-refractivity contribution >= 4 is 11.6 Å². The number of hydrogen-bond acceptors (Lipinski definition) is 3. The smallest absolute Gasteiger partial charge is 0.226 e. The molecule has 0 spiro atoms. The van der Waals surface area contributed by atoms with Crippen molar-refractivity contribution in [3.8, 4) is 5.75 Å². The molecule has 0 aromatic heterocycles. The van der Waals surface area contributed by atoms with E-state index in [0.29, 0.717) is 25.3 Å². The number of nitrogens with zero attached hydrogens (tertiary/aromatic N) is 1. The first-order valence-electron chi connectivity index (χ1n) is 5.88. The van der Waals surface area contributed by atoms with Crippen LogP contribution in [0.3, 0.4) is 0 Å². The molecule has 1 unspecified atom stereocenters. The highest BCUT2D eigenvalue weighted by atomic mass is 16.5. The molecule has 1 atom stereocenters. The minimum atomic E-state index is -0.541. The fourth-order valence-corrected chi connectivity index (χ4v) is 1.94.